The molecule has 0 aromatic heterocycles. The summed E-state index contributed by atoms with van der Waals surface area (Å²) in [6.45, 7) is 0. The van der Waals surface area contributed by atoms with Gasteiger partial charge >= 0.3 is 11.9 Å². The van der Waals surface area contributed by atoms with Crippen LogP contribution < -0.4 is 5.73 Å². The molecule has 0 saturated carbocycles. The van der Waals surface area contributed by atoms with Crippen LogP contribution in [0.5, 0.6) is 0 Å². The third kappa shape index (κ3) is 5.99. The van der Waals surface area contributed by atoms with E-state index < -0.39 is 23.8 Å². The average Bonchev–Trinajstić information content (AvgIpc) is 2.00. The van der Waals surface area contributed by atoms with E-state index in [0.717, 1.165) is 0 Å². The van der Waals surface area contributed by atoms with E-state index in [1.807, 2.05) is 0 Å². The van der Waals surface area contributed by atoms with Gasteiger partial charge in [-0.3, -0.25) is 14.4 Å². The van der Waals surface area contributed by atoms with Crippen molar-refractivity contribution >= 4 is 17.8 Å². The van der Waals surface area contributed by atoms with Gasteiger partial charge in [0.25, 0.3) is 0 Å². The number of nitrogens with two attached hydrogens (primary N) is 1. The molecule has 0 aliphatic heterocycles. The maximum absolute atomic E-state index is 10.7. The van der Waals surface area contributed by atoms with Crippen LogP contribution in [0.15, 0.2) is 0 Å². The summed E-state index contributed by atoms with van der Waals surface area (Å²) in [4.78, 5) is 31.1. The van der Waals surface area contributed by atoms with Gasteiger partial charge in [-0.1, -0.05) is 0 Å². The van der Waals surface area contributed by atoms with Crippen molar-refractivity contribution in [2.45, 2.75) is 25.7 Å². The second-order valence-electron chi connectivity index (χ2n) is 2.98. The summed E-state index contributed by atoms with van der Waals surface area (Å²) in [7, 11) is 0. The van der Waals surface area contributed by atoms with Crippen LogP contribution in [0.3, 0.4) is 0 Å². The number of amides is 1. The summed E-state index contributed by atoms with van der Waals surface area (Å²) in [6, 6.07) is 0. The van der Waals surface area contributed by atoms with Crippen molar-refractivity contribution in [3.63, 3.8) is 0 Å². The SMILES string of the molecule is NC(=O)[C@@H](CCCC(=O)O)CC(=O)O. The fraction of sp³-hybridized carbons (Fsp3) is 0.625. The van der Waals surface area contributed by atoms with Gasteiger partial charge in [0, 0.05) is 12.3 Å². The van der Waals surface area contributed by atoms with E-state index in [4.69, 9.17) is 15.9 Å². The standard InChI is InChI=1S/C8H13NO5/c9-8(14)5(4-7(12)13)2-1-3-6(10)11/h5H,1-4H2,(H2,9,14)(H,10,11)(H,12,13)/t5-/m0/s1. The van der Waals surface area contributed by atoms with Crippen LogP contribution in [-0.4, -0.2) is 28.1 Å². The minimum Gasteiger partial charge on any atom is -0.481 e. The molecule has 0 aliphatic carbocycles. The Morgan fingerprint density at radius 2 is 1.71 bits per heavy atom. The molecule has 0 unspecified atom stereocenters. The number of carbonyl (C=O) groups excluding carboxylic acids is 1. The monoisotopic (exact) mass is 203 g/mol. The first-order chi connectivity index (χ1) is 6.43. The highest BCUT2D eigenvalue weighted by Gasteiger charge is 2.18. The normalized spacial score (nSPS) is 12.0. The third-order valence-corrected chi connectivity index (χ3v) is 1.77. The van der Waals surface area contributed by atoms with Gasteiger partial charge in [0.05, 0.1) is 6.42 Å². The number of aliphatic carboxylic acids is 2. The number of carboxylic acid groups (broad SMARTS) is 2. The Bertz CT molecular complexity index is 238. The van der Waals surface area contributed by atoms with Crippen LogP contribution in [0.2, 0.25) is 0 Å². The van der Waals surface area contributed by atoms with Crippen molar-refractivity contribution in [3.05, 3.63) is 0 Å². The Labute approximate surface area is 80.7 Å². The maximum atomic E-state index is 10.7. The van der Waals surface area contributed by atoms with Crippen molar-refractivity contribution in [1.82, 2.24) is 0 Å². The molecule has 0 bridgehead atoms. The molecule has 80 valence electrons. The van der Waals surface area contributed by atoms with Crippen LogP contribution in [0.25, 0.3) is 0 Å². The van der Waals surface area contributed by atoms with Crippen LogP contribution in [0, 0.1) is 5.92 Å². The summed E-state index contributed by atoms with van der Waals surface area (Å²) < 4.78 is 0. The zero-order chi connectivity index (χ0) is 11.1. The quantitative estimate of drug-likeness (QED) is 0.530. The van der Waals surface area contributed by atoms with Gasteiger partial charge in [-0.15, -0.1) is 0 Å². The van der Waals surface area contributed by atoms with E-state index in [0.29, 0.717) is 0 Å². The van der Waals surface area contributed by atoms with Gasteiger partial charge in [-0.05, 0) is 12.8 Å². The zero-order valence-corrected chi connectivity index (χ0v) is 7.60. The Hall–Kier alpha value is -1.59. The number of carboxylic acids is 2. The van der Waals surface area contributed by atoms with Gasteiger partial charge in [-0.25, -0.2) is 0 Å². The highest BCUT2D eigenvalue weighted by atomic mass is 16.4. The highest BCUT2D eigenvalue weighted by Crippen LogP contribution is 2.12. The molecular formula is C8H13NO5. The van der Waals surface area contributed by atoms with Crippen LogP contribution >= 0.6 is 0 Å². The molecule has 0 saturated heterocycles. The topological polar surface area (TPSA) is 118 Å². The lowest BCUT2D eigenvalue weighted by Crippen LogP contribution is -2.25. The maximum Gasteiger partial charge on any atom is 0.304 e. The van der Waals surface area contributed by atoms with Crippen LogP contribution in [-0.2, 0) is 14.4 Å². The van der Waals surface area contributed by atoms with Crippen molar-refractivity contribution in [2.75, 3.05) is 0 Å². The van der Waals surface area contributed by atoms with E-state index in [2.05, 4.69) is 0 Å². The number of carbonyl (C=O) groups is 3. The summed E-state index contributed by atoms with van der Waals surface area (Å²) >= 11 is 0. The lowest BCUT2D eigenvalue weighted by molar-refractivity contribution is -0.140. The van der Waals surface area contributed by atoms with Crippen molar-refractivity contribution in [3.8, 4) is 0 Å². The molecule has 6 heteroatoms. The molecule has 0 aromatic carbocycles. The largest absolute Gasteiger partial charge is 0.481 e. The zero-order valence-electron chi connectivity index (χ0n) is 7.60. The summed E-state index contributed by atoms with van der Waals surface area (Å²) in [5.41, 5.74) is 4.95. The molecule has 0 heterocycles. The Morgan fingerprint density at radius 1 is 1.14 bits per heavy atom. The first kappa shape index (κ1) is 12.4. The molecular weight excluding hydrogens is 190 g/mol. The van der Waals surface area contributed by atoms with Crippen LogP contribution in [0.1, 0.15) is 25.7 Å². The molecule has 0 aliphatic rings. The Balaban J connectivity index is 3.91. The Morgan fingerprint density at radius 3 is 2.07 bits per heavy atom. The van der Waals surface area contributed by atoms with E-state index in [1.54, 1.807) is 0 Å². The molecule has 6 nitrogen and oxygen atoms in total. The molecule has 0 radical (unpaired) electrons. The van der Waals surface area contributed by atoms with Gasteiger partial charge in [0.1, 0.15) is 0 Å². The minimum absolute atomic E-state index is 0.0800. The molecule has 0 fully saturated rings. The van der Waals surface area contributed by atoms with Gasteiger partial charge in [-0.2, -0.15) is 0 Å². The number of hydrogen-bond donors (Lipinski definition) is 3. The fourth-order valence-electron chi connectivity index (χ4n) is 1.06. The predicted octanol–water partition coefficient (Wildman–Crippen LogP) is -0.183. The first-order valence-corrected chi connectivity index (χ1v) is 4.16. The smallest absolute Gasteiger partial charge is 0.304 e. The van der Waals surface area contributed by atoms with Gasteiger partial charge in [0.15, 0.2) is 0 Å². The molecule has 4 N–H and O–H groups in total. The molecule has 0 rings (SSSR count). The molecule has 0 aromatic rings. The second-order valence-corrected chi connectivity index (χ2v) is 2.98. The first-order valence-electron chi connectivity index (χ1n) is 4.16. The molecule has 0 spiro atoms. The number of primary amides is 1. The Kier molecular flexibility index (Phi) is 5.28. The van der Waals surface area contributed by atoms with Gasteiger partial charge in [0.2, 0.25) is 5.91 Å². The lowest BCUT2D eigenvalue weighted by atomic mass is 9.98. The number of rotatable bonds is 7. The molecule has 1 atom stereocenters. The van der Waals surface area contributed by atoms with Crippen LogP contribution in [0.4, 0.5) is 0 Å². The van der Waals surface area contributed by atoms with Crippen molar-refractivity contribution in [1.29, 1.82) is 0 Å². The second kappa shape index (κ2) is 5.95. The molecule has 1 amide bonds. The third-order valence-electron chi connectivity index (χ3n) is 1.77. The lowest BCUT2D eigenvalue weighted by Gasteiger charge is -2.08. The van der Waals surface area contributed by atoms with E-state index in [-0.39, 0.29) is 25.7 Å². The molecule has 14 heavy (non-hydrogen) atoms. The number of hydrogen-bond acceptors (Lipinski definition) is 3. The van der Waals surface area contributed by atoms with E-state index in [9.17, 15) is 14.4 Å². The minimum atomic E-state index is -1.11. The van der Waals surface area contributed by atoms with E-state index >= 15 is 0 Å². The summed E-state index contributed by atoms with van der Waals surface area (Å²) in [5, 5.41) is 16.7. The average molecular weight is 203 g/mol. The summed E-state index contributed by atoms with van der Waals surface area (Å²) in [6.07, 6.45) is 0.0442. The highest BCUT2D eigenvalue weighted by molar-refractivity contribution is 5.81. The summed E-state index contributed by atoms with van der Waals surface area (Å²) in [5.74, 6) is -3.54. The fourth-order valence-corrected chi connectivity index (χ4v) is 1.06. The van der Waals surface area contributed by atoms with E-state index in [1.165, 1.54) is 0 Å². The van der Waals surface area contributed by atoms with Gasteiger partial charge < -0.3 is 15.9 Å². The predicted molar refractivity (Wildman–Crippen MR) is 46.4 cm³/mol. The van der Waals surface area contributed by atoms with Crippen molar-refractivity contribution in [2.24, 2.45) is 11.7 Å². The van der Waals surface area contributed by atoms with Crippen molar-refractivity contribution < 1.29 is 24.6 Å².